The van der Waals surface area contributed by atoms with Crippen LogP contribution in [0.1, 0.15) is 24.2 Å². The molecule has 0 aromatic carbocycles. The lowest BCUT2D eigenvalue weighted by Crippen LogP contribution is -2.35. The molecule has 1 N–H and O–H groups in total. The second-order valence-electron chi connectivity index (χ2n) is 5.90. The van der Waals surface area contributed by atoms with Gasteiger partial charge in [0, 0.05) is 26.3 Å². The van der Waals surface area contributed by atoms with Crippen LogP contribution in [0.4, 0.5) is 0 Å². The Kier molecular flexibility index (Phi) is 4.16. The number of pyridine rings is 1. The lowest BCUT2D eigenvalue weighted by atomic mass is 9.86. The van der Waals surface area contributed by atoms with E-state index in [1.165, 1.54) is 15.5 Å². The molecule has 0 radical (unpaired) electrons. The number of nitrogens with zero attached hydrogens (tertiary/aromatic N) is 2. The summed E-state index contributed by atoms with van der Waals surface area (Å²) in [6.07, 6.45) is 1.58. The molecule has 2 rings (SSSR count). The molecule has 2 atom stereocenters. The maximum Gasteiger partial charge on any atom is 0.308 e. The Morgan fingerprint density at radius 3 is 2.52 bits per heavy atom. The van der Waals surface area contributed by atoms with Gasteiger partial charge in [0.25, 0.3) is 11.5 Å². The van der Waals surface area contributed by atoms with E-state index in [2.05, 4.69) is 0 Å². The third-order valence-electron chi connectivity index (χ3n) is 4.18. The summed E-state index contributed by atoms with van der Waals surface area (Å²) in [6, 6.07) is 3.13. The van der Waals surface area contributed by atoms with Gasteiger partial charge in [0.15, 0.2) is 0 Å². The van der Waals surface area contributed by atoms with Crippen LogP contribution in [0, 0.1) is 17.8 Å². The zero-order valence-electron chi connectivity index (χ0n) is 12.4. The first-order valence-electron chi connectivity index (χ1n) is 7.00. The molecule has 1 aromatic heterocycles. The van der Waals surface area contributed by atoms with Crippen molar-refractivity contribution in [1.82, 2.24) is 9.47 Å². The fourth-order valence-electron chi connectivity index (χ4n) is 2.86. The Morgan fingerprint density at radius 1 is 1.33 bits per heavy atom. The number of carbonyl (C=O) groups excluding carboxylic acids is 1. The smallest absolute Gasteiger partial charge is 0.308 e. The Balaban J connectivity index is 2.27. The van der Waals surface area contributed by atoms with Crippen molar-refractivity contribution in [3.05, 3.63) is 34.2 Å². The lowest BCUT2D eigenvalue weighted by Gasteiger charge is -2.18. The van der Waals surface area contributed by atoms with Gasteiger partial charge in [-0.05, 0) is 24.0 Å². The molecule has 1 aromatic rings. The summed E-state index contributed by atoms with van der Waals surface area (Å²) in [5.74, 6) is -1.75. The monoisotopic (exact) mass is 292 g/mol. The van der Waals surface area contributed by atoms with E-state index in [1.54, 1.807) is 19.3 Å². The average Bonchev–Trinajstić information content (AvgIpc) is 2.86. The predicted molar refractivity (Wildman–Crippen MR) is 77.0 cm³/mol. The van der Waals surface area contributed by atoms with Crippen LogP contribution in [0.2, 0.25) is 0 Å². The fourth-order valence-corrected chi connectivity index (χ4v) is 2.86. The van der Waals surface area contributed by atoms with Crippen molar-refractivity contribution in [2.45, 2.75) is 13.8 Å². The number of aromatic nitrogens is 1. The van der Waals surface area contributed by atoms with Gasteiger partial charge in [-0.2, -0.15) is 0 Å². The molecule has 0 spiro atoms. The van der Waals surface area contributed by atoms with Crippen molar-refractivity contribution < 1.29 is 14.7 Å². The molecule has 0 saturated carbocycles. The van der Waals surface area contributed by atoms with Gasteiger partial charge in [-0.3, -0.25) is 14.4 Å². The van der Waals surface area contributed by atoms with Gasteiger partial charge in [0.1, 0.15) is 5.56 Å². The molecule has 2 heterocycles. The molecular formula is C15H20N2O4. The Morgan fingerprint density at radius 2 is 2.00 bits per heavy atom. The second-order valence-corrected chi connectivity index (χ2v) is 5.90. The van der Waals surface area contributed by atoms with E-state index in [1.807, 2.05) is 13.8 Å². The number of hydrogen-bond donors (Lipinski definition) is 1. The lowest BCUT2D eigenvalue weighted by molar-refractivity contribution is -0.142. The minimum Gasteiger partial charge on any atom is -0.481 e. The third-order valence-corrected chi connectivity index (χ3v) is 4.18. The van der Waals surface area contributed by atoms with Crippen LogP contribution in [0.3, 0.4) is 0 Å². The fraction of sp³-hybridized carbons (Fsp3) is 0.533. The minimum absolute atomic E-state index is 0.0842. The van der Waals surface area contributed by atoms with Gasteiger partial charge in [-0.1, -0.05) is 13.8 Å². The number of aryl methyl sites for hydroxylation is 1. The van der Waals surface area contributed by atoms with Crippen LogP contribution in [-0.4, -0.2) is 39.5 Å². The molecular weight excluding hydrogens is 272 g/mol. The van der Waals surface area contributed by atoms with Gasteiger partial charge in [0.05, 0.1) is 5.92 Å². The number of likely N-dealkylation sites (tertiary alicyclic amines) is 1. The summed E-state index contributed by atoms with van der Waals surface area (Å²) in [4.78, 5) is 37.3. The van der Waals surface area contributed by atoms with E-state index in [-0.39, 0.29) is 35.4 Å². The number of aliphatic carboxylic acids is 1. The molecule has 114 valence electrons. The van der Waals surface area contributed by atoms with Gasteiger partial charge < -0.3 is 14.6 Å². The molecule has 1 amide bonds. The Hall–Kier alpha value is -2.11. The summed E-state index contributed by atoms with van der Waals surface area (Å²) in [6.45, 7) is 4.45. The van der Waals surface area contributed by atoms with Crippen molar-refractivity contribution in [2.24, 2.45) is 24.8 Å². The first kappa shape index (κ1) is 15.3. The van der Waals surface area contributed by atoms with E-state index in [0.717, 1.165) is 0 Å². The summed E-state index contributed by atoms with van der Waals surface area (Å²) in [5, 5.41) is 9.30. The average molecular weight is 292 g/mol. The van der Waals surface area contributed by atoms with Crippen molar-refractivity contribution >= 4 is 11.9 Å². The third kappa shape index (κ3) is 2.84. The normalized spacial score (nSPS) is 21.8. The molecule has 6 nitrogen and oxygen atoms in total. The highest BCUT2D eigenvalue weighted by atomic mass is 16.4. The van der Waals surface area contributed by atoms with E-state index in [9.17, 15) is 19.5 Å². The Bertz CT molecular complexity index is 620. The highest BCUT2D eigenvalue weighted by Crippen LogP contribution is 2.30. The topological polar surface area (TPSA) is 79.6 Å². The van der Waals surface area contributed by atoms with Crippen LogP contribution < -0.4 is 5.56 Å². The van der Waals surface area contributed by atoms with Crippen molar-refractivity contribution in [2.75, 3.05) is 13.1 Å². The maximum atomic E-state index is 12.5. The molecule has 1 saturated heterocycles. The van der Waals surface area contributed by atoms with Gasteiger partial charge >= 0.3 is 5.97 Å². The first-order valence-corrected chi connectivity index (χ1v) is 7.00. The van der Waals surface area contributed by atoms with Crippen LogP contribution in [0.5, 0.6) is 0 Å². The van der Waals surface area contributed by atoms with Crippen molar-refractivity contribution in [3.63, 3.8) is 0 Å². The van der Waals surface area contributed by atoms with Crippen LogP contribution in [-0.2, 0) is 11.8 Å². The molecule has 0 aliphatic carbocycles. The van der Waals surface area contributed by atoms with Crippen molar-refractivity contribution in [3.8, 4) is 0 Å². The largest absolute Gasteiger partial charge is 0.481 e. The van der Waals surface area contributed by atoms with Gasteiger partial charge in [-0.15, -0.1) is 0 Å². The number of rotatable bonds is 3. The highest BCUT2D eigenvalue weighted by Gasteiger charge is 2.41. The van der Waals surface area contributed by atoms with E-state index in [4.69, 9.17) is 0 Å². The van der Waals surface area contributed by atoms with Crippen LogP contribution in [0.15, 0.2) is 23.1 Å². The number of carbonyl (C=O) groups is 2. The van der Waals surface area contributed by atoms with E-state index < -0.39 is 11.9 Å². The molecule has 6 heteroatoms. The summed E-state index contributed by atoms with van der Waals surface area (Å²) in [5.41, 5.74) is -0.268. The van der Waals surface area contributed by atoms with Crippen LogP contribution >= 0.6 is 0 Å². The molecule has 1 aliphatic rings. The summed E-state index contributed by atoms with van der Waals surface area (Å²) in [7, 11) is 1.58. The van der Waals surface area contributed by atoms with E-state index in [0.29, 0.717) is 6.54 Å². The number of amides is 1. The zero-order valence-corrected chi connectivity index (χ0v) is 12.4. The highest BCUT2D eigenvalue weighted by molar-refractivity contribution is 5.94. The first-order chi connectivity index (χ1) is 9.82. The molecule has 0 bridgehead atoms. The zero-order chi connectivity index (χ0) is 15.7. The standard InChI is InChI=1S/C15H20N2O4/c1-9(2)11-7-17(8-12(11)15(20)21)14(19)10-5-4-6-16(3)13(10)18/h4-6,9,11-12H,7-8H2,1-3H3,(H,20,21)/t11-,12+/m0/s1. The van der Waals surface area contributed by atoms with Crippen molar-refractivity contribution in [1.29, 1.82) is 0 Å². The van der Waals surface area contributed by atoms with E-state index >= 15 is 0 Å². The minimum atomic E-state index is -0.884. The number of carboxylic acids is 1. The SMILES string of the molecule is CC(C)[C@@H]1CN(C(=O)c2cccn(C)c2=O)C[C@H]1C(=O)O. The quantitative estimate of drug-likeness (QED) is 0.894. The van der Waals surface area contributed by atoms with Crippen LogP contribution in [0.25, 0.3) is 0 Å². The molecule has 1 aliphatic heterocycles. The number of hydrogen-bond acceptors (Lipinski definition) is 3. The second kappa shape index (κ2) is 5.71. The Labute approximate surface area is 123 Å². The number of carboxylic acid groups (broad SMARTS) is 1. The maximum absolute atomic E-state index is 12.5. The van der Waals surface area contributed by atoms with Gasteiger partial charge in [0.2, 0.25) is 0 Å². The van der Waals surface area contributed by atoms with Gasteiger partial charge in [-0.25, -0.2) is 0 Å². The molecule has 0 unspecified atom stereocenters. The summed E-state index contributed by atoms with van der Waals surface area (Å²) < 4.78 is 1.35. The predicted octanol–water partition coefficient (Wildman–Crippen LogP) is 0.814. The molecule has 21 heavy (non-hydrogen) atoms. The summed E-state index contributed by atoms with van der Waals surface area (Å²) >= 11 is 0. The molecule has 1 fully saturated rings.